The first-order valence-electron chi connectivity index (χ1n) is 4.13. The highest BCUT2D eigenvalue weighted by molar-refractivity contribution is 7.91. The lowest BCUT2D eigenvalue weighted by Crippen LogP contribution is -2.11. The van der Waals surface area contributed by atoms with Gasteiger partial charge >= 0.3 is 0 Å². The molecule has 5 heteroatoms. The summed E-state index contributed by atoms with van der Waals surface area (Å²) in [5, 5.41) is 0. The summed E-state index contributed by atoms with van der Waals surface area (Å²) >= 11 is 0. The van der Waals surface area contributed by atoms with Gasteiger partial charge in [0.05, 0.1) is 17.3 Å². The molecule has 1 aromatic carbocycles. The Morgan fingerprint density at radius 1 is 1.29 bits per heavy atom. The molecule has 1 aromatic rings. The Bertz CT molecular complexity index is 383. The van der Waals surface area contributed by atoms with Crippen molar-refractivity contribution >= 4 is 15.5 Å². The topological polar surface area (TPSA) is 69.4 Å². The second-order valence-electron chi connectivity index (χ2n) is 2.88. The summed E-state index contributed by atoms with van der Waals surface area (Å²) in [5.41, 5.74) is 6.00. The molecular weight excluding hydrogens is 202 g/mol. The van der Waals surface area contributed by atoms with Crippen molar-refractivity contribution in [2.75, 3.05) is 25.2 Å². The average molecular weight is 215 g/mol. The number of ether oxygens (including phenoxy) is 1. The zero-order valence-electron chi connectivity index (χ0n) is 7.93. The minimum Gasteiger partial charge on any atom is -0.399 e. The maximum absolute atomic E-state index is 11.6. The molecule has 1 rings (SSSR count). The number of hydrogen-bond donors (Lipinski definition) is 1. The molecule has 14 heavy (non-hydrogen) atoms. The Hall–Kier alpha value is -1.07. The maximum atomic E-state index is 11.6. The van der Waals surface area contributed by atoms with Crippen molar-refractivity contribution in [3.8, 4) is 0 Å². The smallest absolute Gasteiger partial charge is 0.180 e. The monoisotopic (exact) mass is 215 g/mol. The van der Waals surface area contributed by atoms with E-state index >= 15 is 0 Å². The number of benzene rings is 1. The summed E-state index contributed by atoms with van der Waals surface area (Å²) in [5.74, 6) is -0.00653. The quantitative estimate of drug-likeness (QED) is 0.750. The maximum Gasteiger partial charge on any atom is 0.180 e. The van der Waals surface area contributed by atoms with Gasteiger partial charge in [0.15, 0.2) is 9.84 Å². The molecule has 0 atom stereocenters. The third-order valence-corrected chi connectivity index (χ3v) is 3.49. The highest BCUT2D eigenvalue weighted by atomic mass is 32.2. The van der Waals surface area contributed by atoms with Crippen LogP contribution in [0, 0.1) is 0 Å². The number of methoxy groups -OCH3 is 1. The summed E-state index contributed by atoms with van der Waals surface area (Å²) in [4.78, 5) is 0.281. The molecule has 0 aliphatic carbocycles. The summed E-state index contributed by atoms with van der Waals surface area (Å²) in [7, 11) is -1.75. The second-order valence-corrected chi connectivity index (χ2v) is 4.99. The van der Waals surface area contributed by atoms with Crippen LogP contribution < -0.4 is 5.73 Å². The van der Waals surface area contributed by atoms with E-state index in [2.05, 4.69) is 0 Å². The van der Waals surface area contributed by atoms with Crippen molar-refractivity contribution in [2.45, 2.75) is 4.90 Å². The van der Waals surface area contributed by atoms with Crippen LogP contribution >= 0.6 is 0 Å². The van der Waals surface area contributed by atoms with Crippen molar-refractivity contribution < 1.29 is 13.2 Å². The van der Waals surface area contributed by atoms with Crippen LogP contribution in [0.4, 0.5) is 5.69 Å². The fourth-order valence-corrected chi connectivity index (χ4v) is 2.16. The Balaban J connectivity index is 2.87. The first kappa shape index (κ1) is 11.0. The van der Waals surface area contributed by atoms with Gasteiger partial charge in [0.25, 0.3) is 0 Å². The van der Waals surface area contributed by atoms with Gasteiger partial charge in [-0.1, -0.05) is 0 Å². The number of nitrogens with two attached hydrogens (primary N) is 1. The number of nitrogen functional groups attached to an aromatic ring is 1. The fraction of sp³-hybridized carbons (Fsp3) is 0.333. The van der Waals surface area contributed by atoms with Crippen LogP contribution in [0.5, 0.6) is 0 Å². The van der Waals surface area contributed by atoms with Gasteiger partial charge in [-0.25, -0.2) is 8.42 Å². The van der Waals surface area contributed by atoms with Crippen LogP contribution in [-0.2, 0) is 14.6 Å². The molecule has 0 unspecified atom stereocenters. The van der Waals surface area contributed by atoms with E-state index in [1.54, 1.807) is 12.1 Å². The van der Waals surface area contributed by atoms with E-state index in [1.807, 2.05) is 0 Å². The van der Waals surface area contributed by atoms with Crippen LogP contribution in [0.3, 0.4) is 0 Å². The van der Waals surface area contributed by atoms with Crippen molar-refractivity contribution in [1.29, 1.82) is 0 Å². The third kappa shape index (κ3) is 2.71. The molecule has 0 radical (unpaired) electrons. The highest BCUT2D eigenvalue weighted by Gasteiger charge is 2.12. The first-order chi connectivity index (χ1) is 6.56. The van der Waals surface area contributed by atoms with Gasteiger partial charge in [0.1, 0.15) is 0 Å². The van der Waals surface area contributed by atoms with E-state index in [4.69, 9.17) is 10.5 Å². The molecule has 2 N–H and O–H groups in total. The van der Waals surface area contributed by atoms with Crippen LogP contribution in [0.25, 0.3) is 0 Å². The molecule has 0 saturated carbocycles. The Kier molecular flexibility index (Phi) is 3.49. The molecule has 0 aliphatic heterocycles. The fourth-order valence-electron chi connectivity index (χ4n) is 0.986. The molecular formula is C9H13NO3S. The molecule has 4 nitrogen and oxygen atoms in total. The largest absolute Gasteiger partial charge is 0.399 e. The molecule has 0 amide bonds. The normalized spacial score (nSPS) is 11.5. The van der Waals surface area contributed by atoms with Crippen LogP contribution in [0.2, 0.25) is 0 Å². The van der Waals surface area contributed by atoms with Crippen molar-refractivity contribution in [3.63, 3.8) is 0 Å². The average Bonchev–Trinajstić information content (AvgIpc) is 2.16. The lowest BCUT2D eigenvalue weighted by molar-refractivity contribution is 0.217. The van der Waals surface area contributed by atoms with Gasteiger partial charge < -0.3 is 10.5 Å². The number of anilines is 1. The van der Waals surface area contributed by atoms with Crippen molar-refractivity contribution in [2.24, 2.45) is 0 Å². The zero-order chi connectivity index (χ0) is 10.6. The lowest BCUT2D eigenvalue weighted by Gasteiger charge is -2.03. The van der Waals surface area contributed by atoms with Gasteiger partial charge in [0, 0.05) is 12.8 Å². The standard InChI is InChI=1S/C9H13NO3S/c1-13-6-7-14(11,12)9-4-2-8(10)3-5-9/h2-5H,6-7,10H2,1H3. The third-order valence-electron chi connectivity index (χ3n) is 1.80. The molecule has 0 spiro atoms. The summed E-state index contributed by atoms with van der Waals surface area (Å²) in [6.07, 6.45) is 0. The molecule has 0 bridgehead atoms. The number of hydrogen-bond acceptors (Lipinski definition) is 4. The van der Waals surface area contributed by atoms with Gasteiger partial charge in [0.2, 0.25) is 0 Å². The highest BCUT2D eigenvalue weighted by Crippen LogP contribution is 2.13. The molecule has 78 valence electrons. The molecule has 0 aliphatic rings. The van der Waals surface area contributed by atoms with Crippen LogP contribution in [0.1, 0.15) is 0 Å². The minimum atomic E-state index is -3.22. The van der Waals surface area contributed by atoms with Gasteiger partial charge in [-0.15, -0.1) is 0 Å². The number of rotatable bonds is 4. The van der Waals surface area contributed by atoms with E-state index < -0.39 is 9.84 Å². The Morgan fingerprint density at radius 2 is 1.86 bits per heavy atom. The predicted molar refractivity (Wildman–Crippen MR) is 54.8 cm³/mol. The van der Waals surface area contributed by atoms with Crippen LogP contribution in [0.15, 0.2) is 29.2 Å². The summed E-state index contributed by atoms with van der Waals surface area (Å²) < 4.78 is 27.9. The Morgan fingerprint density at radius 3 is 2.36 bits per heavy atom. The molecule has 0 heterocycles. The van der Waals surface area contributed by atoms with Gasteiger partial charge in [-0.3, -0.25) is 0 Å². The molecule has 0 fully saturated rings. The second kappa shape index (κ2) is 4.43. The summed E-state index contributed by atoms with van der Waals surface area (Å²) in [6.45, 7) is 0.201. The SMILES string of the molecule is COCCS(=O)(=O)c1ccc(N)cc1. The summed E-state index contributed by atoms with van der Waals surface area (Å²) in [6, 6.07) is 6.14. The Labute approximate surface area is 83.6 Å². The lowest BCUT2D eigenvalue weighted by atomic mass is 10.3. The van der Waals surface area contributed by atoms with Crippen LogP contribution in [-0.4, -0.2) is 27.9 Å². The molecule has 0 saturated heterocycles. The van der Waals surface area contributed by atoms with Crippen molar-refractivity contribution in [3.05, 3.63) is 24.3 Å². The van der Waals surface area contributed by atoms with E-state index in [0.717, 1.165) is 0 Å². The van der Waals surface area contributed by atoms with Crippen molar-refractivity contribution in [1.82, 2.24) is 0 Å². The van der Waals surface area contributed by atoms with Gasteiger partial charge in [-0.2, -0.15) is 0 Å². The van der Waals surface area contributed by atoms with E-state index in [9.17, 15) is 8.42 Å². The number of sulfone groups is 1. The van der Waals surface area contributed by atoms with Gasteiger partial charge in [-0.05, 0) is 24.3 Å². The molecule has 0 aromatic heterocycles. The van der Waals surface area contributed by atoms with E-state index in [0.29, 0.717) is 5.69 Å². The van der Waals surface area contributed by atoms with E-state index in [1.165, 1.54) is 19.2 Å². The predicted octanol–water partition coefficient (Wildman–Crippen LogP) is 0.689. The zero-order valence-corrected chi connectivity index (χ0v) is 8.75. The van der Waals surface area contributed by atoms with E-state index in [-0.39, 0.29) is 17.3 Å². The minimum absolute atomic E-state index is 0.00653. The first-order valence-corrected chi connectivity index (χ1v) is 5.79.